The van der Waals surface area contributed by atoms with Gasteiger partial charge < -0.3 is 5.43 Å². The molecule has 0 atom stereocenters. The van der Waals surface area contributed by atoms with Crippen LogP contribution in [0.2, 0.25) is 0 Å². The van der Waals surface area contributed by atoms with E-state index < -0.39 is 0 Å². The van der Waals surface area contributed by atoms with Gasteiger partial charge in [0.25, 0.3) is 0 Å². The van der Waals surface area contributed by atoms with Crippen molar-refractivity contribution in [3.63, 3.8) is 0 Å². The van der Waals surface area contributed by atoms with Gasteiger partial charge in [-0.15, -0.1) is 5.10 Å². The number of hydrogen-bond acceptors (Lipinski definition) is 5. The zero-order chi connectivity index (χ0) is 9.97. The molecule has 2 rings (SSSR count). The Morgan fingerprint density at radius 2 is 2.29 bits per heavy atom. The van der Waals surface area contributed by atoms with Crippen LogP contribution in [0, 0.1) is 6.92 Å². The number of rotatable bonds is 2. The van der Waals surface area contributed by atoms with E-state index in [0.717, 1.165) is 16.9 Å². The topological polar surface area (TPSA) is 81.7 Å². The van der Waals surface area contributed by atoms with Crippen LogP contribution < -0.4 is 11.3 Å². The Labute approximate surface area is 80.7 Å². The summed E-state index contributed by atoms with van der Waals surface area (Å²) in [6.07, 6.45) is 1.53. The summed E-state index contributed by atoms with van der Waals surface area (Å²) in [7, 11) is 0. The third-order valence-corrected chi connectivity index (χ3v) is 1.99. The predicted octanol–water partition coefficient (Wildman–Crippen LogP) is 0.256. The number of hydrogen-bond donors (Lipinski definition) is 2. The van der Waals surface area contributed by atoms with Crippen molar-refractivity contribution in [2.75, 3.05) is 5.43 Å². The Bertz CT molecular complexity index is 421. The lowest BCUT2D eigenvalue weighted by molar-refractivity contribution is 0.789. The molecule has 3 N–H and O–H groups in total. The highest BCUT2D eigenvalue weighted by Crippen LogP contribution is 2.17. The van der Waals surface area contributed by atoms with Crippen molar-refractivity contribution in [1.29, 1.82) is 0 Å². The molecule has 0 bridgehead atoms. The quantitative estimate of drug-likeness (QED) is 0.524. The van der Waals surface area contributed by atoms with Gasteiger partial charge in [-0.3, -0.25) is 5.84 Å². The summed E-state index contributed by atoms with van der Waals surface area (Å²) < 4.78 is 1.57. The SMILES string of the molecule is Cc1ccc(-n2cnnn2)cc1NN. The highest BCUT2D eigenvalue weighted by atomic mass is 15.5. The summed E-state index contributed by atoms with van der Waals surface area (Å²) in [4.78, 5) is 0. The van der Waals surface area contributed by atoms with E-state index in [1.54, 1.807) is 4.68 Å². The molecule has 0 saturated carbocycles. The fourth-order valence-corrected chi connectivity index (χ4v) is 1.19. The van der Waals surface area contributed by atoms with E-state index in [0.29, 0.717) is 0 Å². The fourth-order valence-electron chi connectivity index (χ4n) is 1.19. The molecule has 0 aliphatic heterocycles. The van der Waals surface area contributed by atoms with Crippen LogP contribution in [0.15, 0.2) is 24.5 Å². The Kier molecular flexibility index (Phi) is 2.11. The van der Waals surface area contributed by atoms with Crippen LogP contribution >= 0.6 is 0 Å². The molecule has 1 aromatic heterocycles. The maximum atomic E-state index is 5.36. The lowest BCUT2D eigenvalue weighted by atomic mass is 10.2. The summed E-state index contributed by atoms with van der Waals surface area (Å²) >= 11 is 0. The number of tetrazole rings is 1. The largest absolute Gasteiger partial charge is 0.324 e. The smallest absolute Gasteiger partial charge is 0.143 e. The second-order valence-electron chi connectivity index (χ2n) is 2.90. The van der Waals surface area contributed by atoms with Gasteiger partial charge in [0, 0.05) is 0 Å². The minimum absolute atomic E-state index is 0.859. The molecule has 2 aromatic rings. The molecule has 6 heteroatoms. The van der Waals surface area contributed by atoms with E-state index in [1.165, 1.54) is 6.33 Å². The molecule has 1 heterocycles. The van der Waals surface area contributed by atoms with Gasteiger partial charge in [0.1, 0.15) is 6.33 Å². The van der Waals surface area contributed by atoms with E-state index in [9.17, 15) is 0 Å². The van der Waals surface area contributed by atoms with E-state index >= 15 is 0 Å². The van der Waals surface area contributed by atoms with Crippen molar-refractivity contribution < 1.29 is 0 Å². The molecule has 0 unspecified atom stereocenters. The molecule has 0 fully saturated rings. The first-order valence-electron chi connectivity index (χ1n) is 4.12. The summed E-state index contributed by atoms with van der Waals surface area (Å²) in [5.74, 6) is 5.36. The van der Waals surface area contributed by atoms with Crippen LogP contribution in [0.25, 0.3) is 5.69 Å². The van der Waals surface area contributed by atoms with Crippen molar-refractivity contribution in [2.24, 2.45) is 5.84 Å². The number of nitrogens with zero attached hydrogens (tertiary/aromatic N) is 4. The number of hydrazine groups is 1. The molecule has 0 saturated heterocycles. The van der Waals surface area contributed by atoms with Gasteiger partial charge in [0.05, 0.1) is 11.4 Å². The van der Waals surface area contributed by atoms with Gasteiger partial charge in [0.15, 0.2) is 0 Å². The minimum atomic E-state index is 0.859. The highest BCUT2D eigenvalue weighted by Gasteiger charge is 2.01. The van der Waals surface area contributed by atoms with Gasteiger partial charge in [-0.1, -0.05) is 6.07 Å². The average Bonchev–Trinajstić information content (AvgIpc) is 2.71. The maximum Gasteiger partial charge on any atom is 0.143 e. The first kappa shape index (κ1) is 8.64. The molecule has 1 aromatic carbocycles. The van der Waals surface area contributed by atoms with Crippen molar-refractivity contribution in [3.05, 3.63) is 30.1 Å². The molecule has 0 amide bonds. The van der Waals surface area contributed by atoms with Gasteiger partial charge >= 0.3 is 0 Å². The van der Waals surface area contributed by atoms with Crippen LogP contribution in [0.5, 0.6) is 0 Å². The van der Waals surface area contributed by atoms with Gasteiger partial charge in [-0.05, 0) is 35.0 Å². The second-order valence-corrected chi connectivity index (χ2v) is 2.90. The first-order valence-corrected chi connectivity index (χ1v) is 4.12. The van der Waals surface area contributed by atoms with Gasteiger partial charge in [-0.2, -0.15) is 0 Å². The van der Waals surface area contributed by atoms with Crippen LogP contribution in [-0.4, -0.2) is 20.2 Å². The fraction of sp³-hybridized carbons (Fsp3) is 0.125. The van der Waals surface area contributed by atoms with Gasteiger partial charge in [0.2, 0.25) is 0 Å². The normalized spacial score (nSPS) is 10.1. The molecule has 72 valence electrons. The van der Waals surface area contributed by atoms with Crippen LogP contribution in [0.3, 0.4) is 0 Å². The molecule has 0 aliphatic carbocycles. The van der Waals surface area contributed by atoms with E-state index in [-0.39, 0.29) is 0 Å². The van der Waals surface area contributed by atoms with Crippen molar-refractivity contribution in [3.8, 4) is 5.69 Å². The van der Waals surface area contributed by atoms with Crippen LogP contribution in [-0.2, 0) is 0 Å². The molecule has 0 radical (unpaired) electrons. The molecule has 0 spiro atoms. The Balaban J connectivity index is 2.46. The molecular formula is C8H10N6. The first-order chi connectivity index (χ1) is 6.81. The average molecular weight is 190 g/mol. The maximum absolute atomic E-state index is 5.36. The standard InChI is InChI=1S/C8H10N6/c1-6-2-3-7(4-8(6)11-9)14-5-10-12-13-14/h2-5,11H,9H2,1H3. The van der Waals surface area contributed by atoms with Crippen molar-refractivity contribution in [2.45, 2.75) is 6.92 Å². The van der Waals surface area contributed by atoms with Crippen molar-refractivity contribution in [1.82, 2.24) is 20.2 Å². The summed E-state index contributed by atoms with van der Waals surface area (Å²) in [5, 5.41) is 10.9. The monoisotopic (exact) mass is 190 g/mol. The lowest BCUT2D eigenvalue weighted by Crippen LogP contribution is -2.09. The highest BCUT2D eigenvalue weighted by molar-refractivity contribution is 5.55. The number of nitrogens with one attached hydrogen (secondary N) is 1. The summed E-state index contributed by atoms with van der Waals surface area (Å²) in [5.41, 5.74) is 5.42. The zero-order valence-corrected chi connectivity index (χ0v) is 7.68. The second kappa shape index (κ2) is 3.43. The third-order valence-electron chi connectivity index (χ3n) is 1.99. The lowest BCUT2D eigenvalue weighted by Gasteiger charge is -2.06. The van der Waals surface area contributed by atoms with E-state index in [4.69, 9.17) is 5.84 Å². The number of nitrogens with two attached hydrogens (primary N) is 1. The molecular weight excluding hydrogens is 180 g/mol. The number of aromatic nitrogens is 4. The predicted molar refractivity (Wildman–Crippen MR) is 51.7 cm³/mol. The minimum Gasteiger partial charge on any atom is -0.324 e. The van der Waals surface area contributed by atoms with Crippen LogP contribution in [0.4, 0.5) is 5.69 Å². The van der Waals surface area contributed by atoms with Crippen molar-refractivity contribution >= 4 is 5.69 Å². The zero-order valence-electron chi connectivity index (χ0n) is 7.68. The number of anilines is 1. The van der Waals surface area contributed by atoms with E-state index in [1.807, 2.05) is 25.1 Å². The van der Waals surface area contributed by atoms with Crippen LogP contribution in [0.1, 0.15) is 5.56 Å². The number of benzene rings is 1. The Morgan fingerprint density at radius 1 is 1.43 bits per heavy atom. The number of nitrogen functional groups attached to an aromatic ring is 1. The van der Waals surface area contributed by atoms with Gasteiger partial charge in [-0.25, -0.2) is 4.68 Å². The van der Waals surface area contributed by atoms with E-state index in [2.05, 4.69) is 21.0 Å². The molecule has 6 nitrogen and oxygen atoms in total. The molecule has 14 heavy (non-hydrogen) atoms. The summed E-state index contributed by atoms with van der Waals surface area (Å²) in [6.45, 7) is 1.97. The third kappa shape index (κ3) is 1.42. The Hall–Kier alpha value is -1.95. The molecule has 0 aliphatic rings. The Morgan fingerprint density at radius 3 is 2.93 bits per heavy atom. The number of aryl methyl sites for hydroxylation is 1. The summed E-state index contributed by atoms with van der Waals surface area (Å²) in [6, 6.07) is 5.75.